The molecule has 0 aliphatic heterocycles. The summed E-state index contributed by atoms with van der Waals surface area (Å²) >= 11 is 3.56. The van der Waals surface area contributed by atoms with E-state index in [1.807, 2.05) is 0 Å². The van der Waals surface area contributed by atoms with E-state index in [1.54, 1.807) is 0 Å². The Kier molecular flexibility index (Phi) is 4.46. The minimum atomic E-state index is 0.725. The molecule has 0 saturated heterocycles. The van der Waals surface area contributed by atoms with Gasteiger partial charge in [0.1, 0.15) is 0 Å². The summed E-state index contributed by atoms with van der Waals surface area (Å²) in [6.45, 7) is 7.62. The largest absolute Gasteiger partial charge is 0.384 e. The first-order valence-electron chi connectivity index (χ1n) is 5.13. The molecule has 0 amide bonds. The van der Waals surface area contributed by atoms with E-state index in [4.69, 9.17) is 0 Å². The Balaban J connectivity index is 2.59. The number of nitrogens with one attached hydrogen (secondary N) is 1. The van der Waals surface area contributed by atoms with E-state index in [9.17, 15) is 0 Å². The van der Waals surface area contributed by atoms with Crippen LogP contribution in [0.1, 0.15) is 25.8 Å². The number of halogens is 1. The minimum Gasteiger partial charge on any atom is -0.384 e. The first-order valence-corrected chi connectivity index (χ1v) is 5.92. The number of hydrogen-bond acceptors (Lipinski definition) is 1. The Hall–Kier alpha value is -0.500. The quantitative estimate of drug-likeness (QED) is 0.850. The molecule has 2 heteroatoms. The Labute approximate surface area is 95.0 Å². The van der Waals surface area contributed by atoms with Gasteiger partial charge in [-0.3, -0.25) is 0 Å². The second-order valence-corrected chi connectivity index (χ2v) is 4.73. The third-order valence-electron chi connectivity index (χ3n) is 2.46. The summed E-state index contributed by atoms with van der Waals surface area (Å²) in [4.78, 5) is 0. The number of hydrogen-bond donors (Lipinski definition) is 1. The first-order chi connectivity index (χ1) is 6.63. The van der Waals surface area contributed by atoms with Gasteiger partial charge in [-0.2, -0.15) is 0 Å². The van der Waals surface area contributed by atoms with Gasteiger partial charge in [0.05, 0.1) is 0 Å². The van der Waals surface area contributed by atoms with Crippen LogP contribution in [-0.4, -0.2) is 6.54 Å². The van der Waals surface area contributed by atoms with Crippen molar-refractivity contribution in [1.29, 1.82) is 0 Å². The summed E-state index contributed by atoms with van der Waals surface area (Å²) in [6, 6.07) is 6.39. The zero-order valence-corrected chi connectivity index (χ0v) is 10.7. The van der Waals surface area contributed by atoms with Crippen LogP contribution in [0.15, 0.2) is 22.7 Å². The normalized spacial score (nSPS) is 12.6. The van der Waals surface area contributed by atoms with Gasteiger partial charge in [0.25, 0.3) is 0 Å². The van der Waals surface area contributed by atoms with Gasteiger partial charge in [0.2, 0.25) is 0 Å². The minimum absolute atomic E-state index is 0.725. The molecule has 1 aromatic rings. The average molecular weight is 256 g/mol. The van der Waals surface area contributed by atoms with Crippen LogP contribution in [-0.2, 0) is 0 Å². The third kappa shape index (κ3) is 3.33. The van der Waals surface area contributed by atoms with Gasteiger partial charge in [-0.15, -0.1) is 0 Å². The molecule has 0 aliphatic rings. The molecule has 1 N–H and O–H groups in total. The highest BCUT2D eigenvalue weighted by Gasteiger charge is 2.01. The molecule has 0 aromatic heterocycles. The van der Waals surface area contributed by atoms with Crippen LogP contribution in [0.5, 0.6) is 0 Å². The highest BCUT2D eigenvalue weighted by molar-refractivity contribution is 9.10. The fourth-order valence-corrected chi connectivity index (χ4v) is 1.83. The van der Waals surface area contributed by atoms with Gasteiger partial charge in [-0.05, 0) is 46.5 Å². The second kappa shape index (κ2) is 5.40. The van der Waals surface area contributed by atoms with Crippen molar-refractivity contribution in [2.45, 2.75) is 27.2 Å². The van der Waals surface area contributed by atoms with E-state index in [1.165, 1.54) is 17.7 Å². The molecule has 0 aliphatic carbocycles. The predicted octanol–water partition coefficient (Wildman–Crippen LogP) is 4.22. The van der Waals surface area contributed by atoms with Crippen molar-refractivity contribution < 1.29 is 0 Å². The number of rotatable bonds is 4. The predicted molar refractivity (Wildman–Crippen MR) is 66.8 cm³/mol. The van der Waals surface area contributed by atoms with Crippen molar-refractivity contribution in [3.8, 4) is 0 Å². The lowest BCUT2D eigenvalue weighted by atomic mass is 10.1. The van der Waals surface area contributed by atoms with Crippen LogP contribution in [0, 0.1) is 12.8 Å². The second-order valence-electron chi connectivity index (χ2n) is 3.88. The van der Waals surface area contributed by atoms with Crippen molar-refractivity contribution in [2.75, 3.05) is 11.9 Å². The van der Waals surface area contributed by atoms with Crippen LogP contribution in [0.4, 0.5) is 5.69 Å². The van der Waals surface area contributed by atoms with Crippen LogP contribution < -0.4 is 5.32 Å². The monoisotopic (exact) mass is 255 g/mol. The molecule has 0 bridgehead atoms. The number of aryl methyl sites for hydroxylation is 1. The van der Waals surface area contributed by atoms with Crippen LogP contribution in [0.3, 0.4) is 0 Å². The Bertz CT molecular complexity index is 296. The molecule has 0 heterocycles. The molecule has 0 saturated carbocycles. The highest BCUT2D eigenvalue weighted by Crippen LogP contribution is 2.23. The molecular formula is C12H18BrN. The van der Waals surface area contributed by atoms with Crippen LogP contribution in [0.25, 0.3) is 0 Å². The molecule has 0 spiro atoms. The van der Waals surface area contributed by atoms with Crippen molar-refractivity contribution >= 4 is 21.6 Å². The van der Waals surface area contributed by atoms with Gasteiger partial charge in [0.15, 0.2) is 0 Å². The van der Waals surface area contributed by atoms with Gasteiger partial charge in [-0.1, -0.05) is 26.3 Å². The molecule has 1 unspecified atom stereocenters. The maximum atomic E-state index is 3.56. The lowest BCUT2D eigenvalue weighted by Gasteiger charge is -2.12. The van der Waals surface area contributed by atoms with E-state index >= 15 is 0 Å². The van der Waals surface area contributed by atoms with Gasteiger partial charge < -0.3 is 5.32 Å². The van der Waals surface area contributed by atoms with Gasteiger partial charge >= 0.3 is 0 Å². The summed E-state index contributed by atoms with van der Waals surface area (Å²) in [7, 11) is 0. The molecular weight excluding hydrogens is 238 g/mol. The smallest absolute Gasteiger partial charge is 0.0484 e. The fourth-order valence-electron chi connectivity index (χ4n) is 1.19. The molecule has 1 rings (SSSR count). The average Bonchev–Trinajstić information content (AvgIpc) is 2.16. The molecule has 14 heavy (non-hydrogen) atoms. The zero-order chi connectivity index (χ0) is 10.6. The SMILES string of the molecule is CCC(C)CNc1ccc(C)cc1Br. The van der Waals surface area contributed by atoms with Crippen molar-refractivity contribution in [2.24, 2.45) is 5.92 Å². The molecule has 1 aromatic carbocycles. The van der Waals surface area contributed by atoms with E-state index in [-0.39, 0.29) is 0 Å². The van der Waals surface area contributed by atoms with Crippen molar-refractivity contribution in [1.82, 2.24) is 0 Å². The molecule has 0 radical (unpaired) electrons. The summed E-state index contributed by atoms with van der Waals surface area (Å²) in [6.07, 6.45) is 1.22. The van der Waals surface area contributed by atoms with Crippen LogP contribution >= 0.6 is 15.9 Å². The van der Waals surface area contributed by atoms with Crippen molar-refractivity contribution in [3.05, 3.63) is 28.2 Å². The lowest BCUT2D eigenvalue weighted by molar-refractivity contribution is 0.593. The maximum absolute atomic E-state index is 3.56. The molecule has 0 fully saturated rings. The Morgan fingerprint density at radius 2 is 2.14 bits per heavy atom. The summed E-state index contributed by atoms with van der Waals surface area (Å²) in [5, 5.41) is 3.44. The third-order valence-corrected chi connectivity index (χ3v) is 3.12. The van der Waals surface area contributed by atoms with Crippen LogP contribution in [0.2, 0.25) is 0 Å². The lowest BCUT2D eigenvalue weighted by Crippen LogP contribution is -2.10. The highest BCUT2D eigenvalue weighted by atomic mass is 79.9. The standard InChI is InChI=1S/C12H18BrN/c1-4-9(2)8-14-12-6-5-10(3)7-11(12)13/h5-7,9,14H,4,8H2,1-3H3. The topological polar surface area (TPSA) is 12.0 Å². The van der Waals surface area contributed by atoms with E-state index in [0.717, 1.165) is 16.9 Å². The summed E-state index contributed by atoms with van der Waals surface area (Å²) < 4.78 is 1.15. The maximum Gasteiger partial charge on any atom is 0.0484 e. The molecule has 1 atom stereocenters. The number of anilines is 1. The first kappa shape index (κ1) is 11.6. The summed E-state index contributed by atoms with van der Waals surface area (Å²) in [5.74, 6) is 0.725. The van der Waals surface area contributed by atoms with E-state index < -0.39 is 0 Å². The Morgan fingerprint density at radius 3 is 2.71 bits per heavy atom. The van der Waals surface area contributed by atoms with E-state index in [0.29, 0.717) is 0 Å². The zero-order valence-electron chi connectivity index (χ0n) is 9.10. The van der Waals surface area contributed by atoms with E-state index in [2.05, 4.69) is 60.2 Å². The fraction of sp³-hybridized carbons (Fsp3) is 0.500. The molecule has 78 valence electrons. The van der Waals surface area contributed by atoms with Crippen molar-refractivity contribution in [3.63, 3.8) is 0 Å². The molecule has 1 nitrogen and oxygen atoms in total. The number of benzene rings is 1. The Morgan fingerprint density at radius 1 is 1.43 bits per heavy atom. The van der Waals surface area contributed by atoms with Gasteiger partial charge in [0, 0.05) is 16.7 Å². The summed E-state index contributed by atoms with van der Waals surface area (Å²) in [5.41, 5.74) is 2.47. The van der Waals surface area contributed by atoms with Gasteiger partial charge in [-0.25, -0.2) is 0 Å².